The Bertz CT molecular complexity index is 1300. The van der Waals surface area contributed by atoms with Crippen molar-refractivity contribution in [2.24, 2.45) is 0 Å². The average Bonchev–Trinajstić information content (AvgIpc) is 2.93. The van der Waals surface area contributed by atoms with Gasteiger partial charge in [-0.15, -0.1) is 0 Å². The van der Waals surface area contributed by atoms with Crippen molar-refractivity contribution in [1.82, 2.24) is 9.62 Å². The highest BCUT2D eigenvalue weighted by molar-refractivity contribution is 7.89. The van der Waals surface area contributed by atoms with Crippen molar-refractivity contribution < 1.29 is 13.2 Å². The zero-order valence-electron chi connectivity index (χ0n) is 21.8. The lowest BCUT2D eigenvalue weighted by Gasteiger charge is -2.36. The molecule has 1 aliphatic rings. The van der Waals surface area contributed by atoms with E-state index in [1.54, 1.807) is 30.3 Å². The Kier molecular flexibility index (Phi) is 8.63. The Morgan fingerprint density at radius 2 is 1.59 bits per heavy atom. The van der Waals surface area contributed by atoms with Crippen molar-refractivity contribution in [1.29, 1.82) is 0 Å². The molecule has 4 rings (SSSR count). The van der Waals surface area contributed by atoms with E-state index in [2.05, 4.69) is 33.7 Å². The smallest absolute Gasteiger partial charge is 0.255 e. The van der Waals surface area contributed by atoms with E-state index >= 15 is 0 Å². The first-order valence-corrected chi connectivity index (χ1v) is 14.4. The van der Waals surface area contributed by atoms with Crippen LogP contribution in [0.1, 0.15) is 48.3 Å². The molecule has 0 aliphatic carbocycles. The monoisotopic (exact) mass is 520 g/mol. The van der Waals surface area contributed by atoms with E-state index in [-0.39, 0.29) is 10.8 Å². The number of nitrogens with zero attached hydrogens (tertiary/aromatic N) is 2. The standard InChI is InChI=1S/C29H36N4O3S/c1-4-23-11-13-25(14-12-23)29(34)30-26-15-16-27(33-19-17-32(5-2)18-20-33)28(21-26)37(35,36)31-22(3)24-9-7-6-8-10-24/h6-16,21-22,31H,4-5,17-20H2,1-3H3,(H,30,34)/t22-/m1/s1. The quantitative estimate of drug-likeness (QED) is 0.428. The maximum atomic E-state index is 13.7. The van der Waals surface area contributed by atoms with Crippen molar-refractivity contribution in [2.45, 2.75) is 38.1 Å². The van der Waals surface area contributed by atoms with Crippen molar-refractivity contribution in [3.05, 3.63) is 89.5 Å². The lowest BCUT2D eigenvalue weighted by molar-refractivity contribution is 0.102. The first-order valence-electron chi connectivity index (χ1n) is 12.9. The summed E-state index contributed by atoms with van der Waals surface area (Å²) in [6.45, 7) is 10.2. The topological polar surface area (TPSA) is 81.8 Å². The highest BCUT2D eigenvalue weighted by Crippen LogP contribution is 2.31. The van der Waals surface area contributed by atoms with Crippen LogP contribution >= 0.6 is 0 Å². The summed E-state index contributed by atoms with van der Waals surface area (Å²) >= 11 is 0. The van der Waals surface area contributed by atoms with Gasteiger partial charge in [0.1, 0.15) is 4.90 Å². The minimum absolute atomic E-state index is 0.166. The number of amides is 1. The molecule has 0 unspecified atom stereocenters. The Morgan fingerprint density at radius 1 is 0.919 bits per heavy atom. The van der Waals surface area contributed by atoms with Crippen LogP contribution in [0.2, 0.25) is 0 Å². The summed E-state index contributed by atoms with van der Waals surface area (Å²) in [5.41, 5.74) is 3.64. The molecule has 1 saturated heterocycles. The molecule has 1 aliphatic heterocycles. The fraction of sp³-hybridized carbons (Fsp3) is 0.345. The molecular formula is C29H36N4O3S. The molecule has 0 saturated carbocycles. The third kappa shape index (κ3) is 6.57. The van der Waals surface area contributed by atoms with Crippen LogP contribution in [0, 0.1) is 0 Å². The third-order valence-corrected chi connectivity index (χ3v) is 8.49. The van der Waals surface area contributed by atoms with Gasteiger partial charge >= 0.3 is 0 Å². The van der Waals surface area contributed by atoms with E-state index in [1.165, 1.54) is 0 Å². The number of likely N-dealkylation sites (N-methyl/N-ethyl adjacent to an activating group) is 1. The molecule has 0 aromatic heterocycles. The average molecular weight is 521 g/mol. The van der Waals surface area contributed by atoms with Crippen LogP contribution in [-0.2, 0) is 16.4 Å². The van der Waals surface area contributed by atoms with E-state index < -0.39 is 16.1 Å². The largest absolute Gasteiger partial charge is 0.368 e. The molecule has 3 aromatic rings. The van der Waals surface area contributed by atoms with Gasteiger partial charge in [-0.05, 0) is 61.3 Å². The van der Waals surface area contributed by atoms with Crippen molar-refractivity contribution >= 4 is 27.3 Å². The number of carbonyl (C=O) groups excluding carboxylic acids is 1. The van der Waals surface area contributed by atoms with Crippen LogP contribution < -0.4 is 14.9 Å². The molecule has 3 aromatic carbocycles. The lowest BCUT2D eigenvalue weighted by atomic mass is 10.1. The molecule has 37 heavy (non-hydrogen) atoms. The van der Waals surface area contributed by atoms with Gasteiger partial charge in [0, 0.05) is 43.5 Å². The van der Waals surface area contributed by atoms with E-state index in [0.717, 1.165) is 50.3 Å². The van der Waals surface area contributed by atoms with Crippen LogP contribution in [0.4, 0.5) is 11.4 Å². The number of benzene rings is 3. The highest BCUT2D eigenvalue weighted by Gasteiger charge is 2.27. The maximum absolute atomic E-state index is 13.7. The molecule has 1 fully saturated rings. The molecule has 8 heteroatoms. The number of hydrogen-bond donors (Lipinski definition) is 2. The van der Waals surface area contributed by atoms with E-state index in [1.807, 2.05) is 49.4 Å². The number of hydrogen-bond acceptors (Lipinski definition) is 5. The summed E-state index contributed by atoms with van der Waals surface area (Å²) in [5.74, 6) is -0.277. The number of anilines is 2. The fourth-order valence-corrected chi connectivity index (χ4v) is 6.06. The van der Waals surface area contributed by atoms with Gasteiger partial charge in [-0.3, -0.25) is 4.79 Å². The van der Waals surface area contributed by atoms with Crippen molar-refractivity contribution in [2.75, 3.05) is 42.9 Å². The van der Waals surface area contributed by atoms with E-state index in [9.17, 15) is 13.2 Å². The van der Waals surface area contributed by atoms with Gasteiger partial charge in [-0.2, -0.15) is 0 Å². The van der Waals surface area contributed by atoms with Gasteiger partial charge in [0.05, 0.1) is 5.69 Å². The molecule has 2 N–H and O–H groups in total. The van der Waals surface area contributed by atoms with E-state index in [0.29, 0.717) is 16.9 Å². The number of rotatable bonds is 9. The van der Waals surface area contributed by atoms with Gasteiger partial charge < -0.3 is 15.1 Å². The second-order valence-electron chi connectivity index (χ2n) is 9.36. The Hall–Kier alpha value is -3.20. The first kappa shape index (κ1) is 26.9. The Morgan fingerprint density at radius 3 is 2.22 bits per heavy atom. The molecule has 1 amide bonds. The molecule has 0 radical (unpaired) electrons. The number of aryl methyl sites for hydroxylation is 1. The Labute approximate surface area is 220 Å². The number of carbonyl (C=O) groups is 1. The molecule has 1 atom stereocenters. The van der Waals surface area contributed by atoms with Crippen LogP contribution in [-0.4, -0.2) is 51.9 Å². The predicted octanol–water partition coefficient (Wildman–Crippen LogP) is 4.68. The molecule has 7 nitrogen and oxygen atoms in total. The normalized spacial score (nSPS) is 15.4. The molecule has 196 valence electrons. The highest BCUT2D eigenvalue weighted by atomic mass is 32.2. The second kappa shape index (κ2) is 11.9. The fourth-order valence-electron chi connectivity index (χ4n) is 4.57. The predicted molar refractivity (Wildman–Crippen MR) is 150 cm³/mol. The lowest BCUT2D eigenvalue weighted by Crippen LogP contribution is -2.46. The van der Waals surface area contributed by atoms with E-state index in [4.69, 9.17) is 0 Å². The minimum atomic E-state index is -3.90. The number of piperazine rings is 1. The molecule has 1 heterocycles. The summed E-state index contributed by atoms with van der Waals surface area (Å²) < 4.78 is 30.3. The van der Waals surface area contributed by atoms with Gasteiger partial charge in [-0.1, -0.05) is 56.3 Å². The first-order chi connectivity index (χ1) is 17.8. The minimum Gasteiger partial charge on any atom is -0.368 e. The number of sulfonamides is 1. The molecular weight excluding hydrogens is 484 g/mol. The van der Waals surface area contributed by atoms with Crippen LogP contribution in [0.15, 0.2) is 77.7 Å². The summed E-state index contributed by atoms with van der Waals surface area (Å²) in [7, 11) is -3.90. The zero-order chi connectivity index (χ0) is 26.4. The van der Waals surface area contributed by atoms with Crippen LogP contribution in [0.25, 0.3) is 0 Å². The van der Waals surface area contributed by atoms with Crippen LogP contribution in [0.5, 0.6) is 0 Å². The SMILES string of the molecule is CCc1ccc(C(=O)Nc2ccc(N3CCN(CC)CC3)c(S(=O)(=O)N[C@H](C)c3ccccc3)c2)cc1. The van der Waals surface area contributed by atoms with Gasteiger partial charge in [0.2, 0.25) is 10.0 Å². The summed E-state index contributed by atoms with van der Waals surface area (Å²) in [4.78, 5) is 17.5. The molecule has 0 bridgehead atoms. The zero-order valence-corrected chi connectivity index (χ0v) is 22.6. The third-order valence-electron chi connectivity index (χ3n) is 6.92. The summed E-state index contributed by atoms with van der Waals surface area (Å²) in [6.07, 6.45) is 0.894. The second-order valence-corrected chi connectivity index (χ2v) is 11.0. The number of nitrogens with one attached hydrogen (secondary N) is 2. The van der Waals surface area contributed by atoms with Gasteiger partial charge in [0.25, 0.3) is 5.91 Å². The van der Waals surface area contributed by atoms with Gasteiger partial charge in [0.15, 0.2) is 0 Å². The van der Waals surface area contributed by atoms with Gasteiger partial charge in [-0.25, -0.2) is 13.1 Å². The van der Waals surface area contributed by atoms with Crippen molar-refractivity contribution in [3.8, 4) is 0 Å². The molecule has 0 spiro atoms. The maximum Gasteiger partial charge on any atom is 0.255 e. The summed E-state index contributed by atoms with van der Waals surface area (Å²) in [6, 6.07) is 21.7. The Balaban J connectivity index is 1.64. The van der Waals surface area contributed by atoms with Crippen LogP contribution in [0.3, 0.4) is 0 Å². The summed E-state index contributed by atoms with van der Waals surface area (Å²) in [5, 5.41) is 2.88. The van der Waals surface area contributed by atoms with Crippen molar-refractivity contribution in [3.63, 3.8) is 0 Å².